The van der Waals surface area contributed by atoms with Crippen LogP contribution >= 0.6 is 0 Å². The molecular weight excluding hydrogens is 318 g/mol. The number of carbonyl (C=O) groups excluding carboxylic acids is 1. The Bertz CT molecular complexity index is 1050. The summed E-state index contributed by atoms with van der Waals surface area (Å²) in [5, 5.41) is 0. The van der Waals surface area contributed by atoms with Crippen LogP contribution in [0.1, 0.15) is 17.0 Å². The highest BCUT2D eigenvalue weighted by molar-refractivity contribution is 6.13. The quantitative estimate of drug-likeness (QED) is 0.546. The van der Waals surface area contributed by atoms with E-state index in [0.717, 1.165) is 17.0 Å². The number of cyclic esters (lactones) is 1. The smallest absolute Gasteiger partial charge is 0.363 e. The van der Waals surface area contributed by atoms with Gasteiger partial charge in [-0.1, -0.05) is 12.1 Å². The average Bonchev–Trinajstić information content (AvgIpc) is 3.16. The molecule has 1 aliphatic rings. The molecule has 3 heterocycles. The standard InChI is InChI=1S/C19H15N3O3/c1-12-16(22-9-4-3-8-17(22)20-12)11-15-19(23)25-18(21-15)13-6-5-7-14(10-13)24-2/h3-11H,1-2H3/b15-11+. The van der Waals surface area contributed by atoms with Crippen LogP contribution in [0, 0.1) is 6.92 Å². The van der Waals surface area contributed by atoms with E-state index in [1.54, 1.807) is 19.3 Å². The van der Waals surface area contributed by atoms with Gasteiger partial charge in [0.1, 0.15) is 11.4 Å². The predicted octanol–water partition coefficient (Wildman–Crippen LogP) is 3.00. The number of hydrogen-bond acceptors (Lipinski definition) is 5. The number of aromatic nitrogens is 2. The zero-order valence-electron chi connectivity index (χ0n) is 13.8. The molecule has 0 fully saturated rings. The SMILES string of the molecule is COc1cccc(C2=N/C(=C/c3c(C)nc4ccccn34)C(=O)O2)c1. The summed E-state index contributed by atoms with van der Waals surface area (Å²) in [6, 6.07) is 13.0. The van der Waals surface area contributed by atoms with Crippen LogP contribution in [-0.4, -0.2) is 28.4 Å². The minimum atomic E-state index is -0.483. The first-order chi connectivity index (χ1) is 12.2. The van der Waals surface area contributed by atoms with Gasteiger partial charge in [0.2, 0.25) is 5.90 Å². The highest BCUT2D eigenvalue weighted by Gasteiger charge is 2.25. The number of pyridine rings is 1. The minimum absolute atomic E-state index is 0.242. The van der Waals surface area contributed by atoms with Gasteiger partial charge >= 0.3 is 5.97 Å². The van der Waals surface area contributed by atoms with Crippen molar-refractivity contribution in [1.29, 1.82) is 0 Å². The lowest BCUT2D eigenvalue weighted by Gasteiger charge is -2.02. The Hall–Kier alpha value is -3.41. The molecular formula is C19H15N3O3. The second-order valence-corrected chi connectivity index (χ2v) is 5.58. The van der Waals surface area contributed by atoms with Gasteiger partial charge < -0.3 is 9.47 Å². The predicted molar refractivity (Wildman–Crippen MR) is 93.5 cm³/mol. The fraction of sp³-hybridized carbons (Fsp3) is 0.105. The lowest BCUT2D eigenvalue weighted by Crippen LogP contribution is -2.05. The van der Waals surface area contributed by atoms with Crippen molar-refractivity contribution in [3.05, 3.63) is 71.3 Å². The number of aryl methyl sites for hydroxylation is 1. The molecule has 4 rings (SSSR count). The Morgan fingerprint density at radius 1 is 1.20 bits per heavy atom. The van der Waals surface area contributed by atoms with Crippen molar-refractivity contribution < 1.29 is 14.3 Å². The molecule has 0 bridgehead atoms. The number of rotatable bonds is 3. The first kappa shape index (κ1) is 15.1. The number of benzene rings is 1. The van der Waals surface area contributed by atoms with Crippen LogP contribution in [-0.2, 0) is 9.53 Å². The molecule has 1 aliphatic heterocycles. The van der Waals surface area contributed by atoms with Crippen LogP contribution in [0.15, 0.2) is 59.4 Å². The van der Waals surface area contributed by atoms with Crippen molar-refractivity contribution in [3.8, 4) is 5.75 Å². The lowest BCUT2D eigenvalue weighted by molar-refractivity contribution is -0.129. The number of hydrogen-bond donors (Lipinski definition) is 0. The highest BCUT2D eigenvalue weighted by Crippen LogP contribution is 2.23. The second kappa shape index (κ2) is 5.90. The largest absolute Gasteiger partial charge is 0.497 e. The molecule has 0 radical (unpaired) electrons. The van der Waals surface area contributed by atoms with E-state index in [9.17, 15) is 4.79 Å². The van der Waals surface area contributed by atoms with E-state index in [-0.39, 0.29) is 11.6 Å². The van der Waals surface area contributed by atoms with Crippen molar-refractivity contribution in [2.45, 2.75) is 6.92 Å². The van der Waals surface area contributed by atoms with Gasteiger partial charge in [0.15, 0.2) is 5.70 Å². The molecule has 0 saturated heterocycles. The van der Waals surface area contributed by atoms with E-state index >= 15 is 0 Å². The molecule has 0 spiro atoms. The van der Waals surface area contributed by atoms with Gasteiger partial charge in [-0.3, -0.25) is 4.40 Å². The summed E-state index contributed by atoms with van der Waals surface area (Å²) in [7, 11) is 1.58. The van der Waals surface area contributed by atoms with Crippen molar-refractivity contribution in [1.82, 2.24) is 9.38 Å². The van der Waals surface area contributed by atoms with E-state index in [0.29, 0.717) is 11.3 Å². The molecule has 6 nitrogen and oxygen atoms in total. The van der Waals surface area contributed by atoms with E-state index in [1.807, 2.05) is 53.9 Å². The molecule has 25 heavy (non-hydrogen) atoms. The molecule has 1 aromatic carbocycles. The van der Waals surface area contributed by atoms with Gasteiger partial charge in [-0.2, -0.15) is 0 Å². The lowest BCUT2D eigenvalue weighted by atomic mass is 10.2. The topological polar surface area (TPSA) is 65.2 Å². The van der Waals surface area contributed by atoms with Gasteiger partial charge in [0, 0.05) is 11.8 Å². The summed E-state index contributed by atoms with van der Waals surface area (Å²) < 4.78 is 12.4. The van der Waals surface area contributed by atoms with Crippen molar-refractivity contribution in [2.24, 2.45) is 4.99 Å². The third kappa shape index (κ3) is 2.67. The third-order valence-corrected chi connectivity index (χ3v) is 3.96. The normalized spacial score (nSPS) is 15.5. The number of imidazole rings is 1. The molecule has 6 heteroatoms. The van der Waals surface area contributed by atoms with Gasteiger partial charge in [-0.25, -0.2) is 14.8 Å². The zero-order chi connectivity index (χ0) is 17.4. The first-order valence-electron chi connectivity index (χ1n) is 7.76. The Morgan fingerprint density at radius 3 is 2.92 bits per heavy atom. The summed E-state index contributed by atoms with van der Waals surface area (Å²) in [5.41, 5.74) is 3.36. The van der Waals surface area contributed by atoms with Gasteiger partial charge in [0.25, 0.3) is 0 Å². The molecule has 124 valence electrons. The second-order valence-electron chi connectivity index (χ2n) is 5.58. The Balaban J connectivity index is 1.77. The number of nitrogens with zero attached hydrogens (tertiary/aromatic N) is 3. The summed E-state index contributed by atoms with van der Waals surface area (Å²) in [6.45, 7) is 1.90. The van der Waals surface area contributed by atoms with Crippen molar-refractivity contribution >= 4 is 23.6 Å². The van der Waals surface area contributed by atoms with Gasteiger partial charge in [-0.05, 0) is 43.3 Å². The molecule has 2 aromatic heterocycles. The van der Waals surface area contributed by atoms with Crippen LogP contribution in [0.3, 0.4) is 0 Å². The summed E-state index contributed by atoms with van der Waals surface area (Å²) in [4.78, 5) is 21.0. The number of fused-ring (bicyclic) bond motifs is 1. The van der Waals surface area contributed by atoms with Crippen LogP contribution in [0.2, 0.25) is 0 Å². The molecule has 0 atom stereocenters. The maximum Gasteiger partial charge on any atom is 0.363 e. The summed E-state index contributed by atoms with van der Waals surface area (Å²) >= 11 is 0. The number of carbonyl (C=O) groups is 1. The molecule has 3 aromatic rings. The van der Waals surface area contributed by atoms with Crippen LogP contribution < -0.4 is 4.74 Å². The molecule has 0 N–H and O–H groups in total. The van der Waals surface area contributed by atoms with Crippen molar-refractivity contribution in [2.75, 3.05) is 7.11 Å². The van der Waals surface area contributed by atoms with Gasteiger partial charge in [-0.15, -0.1) is 0 Å². The molecule has 0 amide bonds. The number of aliphatic imine (C=N–C) groups is 1. The summed E-state index contributed by atoms with van der Waals surface area (Å²) in [6.07, 6.45) is 3.60. The monoisotopic (exact) mass is 333 g/mol. The molecule has 0 saturated carbocycles. The average molecular weight is 333 g/mol. The van der Waals surface area contributed by atoms with Crippen LogP contribution in [0.4, 0.5) is 0 Å². The molecule has 0 aliphatic carbocycles. The van der Waals surface area contributed by atoms with E-state index in [1.165, 1.54) is 0 Å². The van der Waals surface area contributed by atoms with Gasteiger partial charge in [0.05, 0.1) is 18.5 Å². The Morgan fingerprint density at radius 2 is 2.08 bits per heavy atom. The number of esters is 1. The van der Waals surface area contributed by atoms with E-state index in [4.69, 9.17) is 9.47 Å². The van der Waals surface area contributed by atoms with Crippen LogP contribution in [0.5, 0.6) is 5.75 Å². The fourth-order valence-corrected chi connectivity index (χ4v) is 2.72. The van der Waals surface area contributed by atoms with Crippen LogP contribution in [0.25, 0.3) is 11.7 Å². The third-order valence-electron chi connectivity index (χ3n) is 3.96. The number of methoxy groups -OCH3 is 1. The van der Waals surface area contributed by atoms with Crippen molar-refractivity contribution in [3.63, 3.8) is 0 Å². The summed E-state index contributed by atoms with van der Waals surface area (Å²) in [5.74, 6) is 0.455. The maximum absolute atomic E-state index is 12.2. The number of ether oxygens (including phenoxy) is 2. The maximum atomic E-state index is 12.2. The van der Waals surface area contributed by atoms with E-state index < -0.39 is 5.97 Å². The highest BCUT2D eigenvalue weighted by atomic mass is 16.6. The van der Waals surface area contributed by atoms with E-state index in [2.05, 4.69) is 9.98 Å². The Kier molecular flexibility index (Phi) is 3.57. The first-order valence-corrected chi connectivity index (χ1v) is 7.76. The molecule has 0 unspecified atom stereocenters. The Labute approximate surface area is 144 Å². The fourth-order valence-electron chi connectivity index (χ4n) is 2.72. The zero-order valence-corrected chi connectivity index (χ0v) is 13.8. The minimum Gasteiger partial charge on any atom is -0.497 e.